The lowest BCUT2D eigenvalue weighted by atomic mass is 10.2. The van der Waals surface area contributed by atoms with Gasteiger partial charge < -0.3 is 9.73 Å². The van der Waals surface area contributed by atoms with Gasteiger partial charge in [-0.3, -0.25) is 10.1 Å². The molecule has 1 heterocycles. The Bertz CT molecular complexity index is 534. The number of furan rings is 1. The molecule has 0 aliphatic carbocycles. The number of benzene rings is 1. The second-order valence-corrected chi connectivity index (χ2v) is 3.67. The van der Waals surface area contributed by atoms with E-state index in [1.54, 1.807) is 6.07 Å². The van der Waals surface area contributed by atoms with Crippen molar-refractivity contribution in [1.29, 1.82) is 0 Å². The van der Waals surface area contributed by atoms with Crippen LogP contribution in [0.15, 0.2) is 40.8 Å². The van der Waals surface area contributed by atoms with E-state index in [0.717, 1.165) is 11.3 Å². The first-order valence-electron chi connectivity index (χ1n) is 5.19. The van der Waals surface area contributed by atoms with Crippen LogP contribution < -0.4 is 5.32 Å². The Morgan fingerprint density at radius 1 is 1.29 bits per heavy atom. The maximum absolute atomic E-state index is 10.4. The molecule has 0 saturated carbocycles. The smallest absolute Gasteiger partial charge is 0.404 e. The topological polar surface area (TPSA) is 68.3 Å². The number of nitro groups is 1. The van der Waals surface area contributed by atoms with Crippen LogP contribution in [0.2, 0.25) is 0 Å². The Labute approximate surface area is 98.2 Å². The molecule has 0 aliphatic heterocycles. The zero-order valence-corrected chi connectivity index (χ0v) is 9.34. The molecular weight excluding hydrogens is 220 g/mol. The van der Waals surface area contributed by atoms with Crippen molar-refractivity contribution in [2.45, 2.75) is 13.5 Å². The van der Waals surface area contributed by atoms with Crippen LogP contribution in [0.5, 0.6) is 0 Å². The van der Waals surface area contributed by atoms with E-state index in [1.165, 1.54) is 6.07 Å². The summed E-state index contributed by atoms with van der Waals surface area (Å²) in [7, 11) is 0. The summed E-state index contributed by atoms with van der Waals surface area (Å²) in [5.74, 6) is 0.312. The molecule has 5 heteroatoms. The maximum atomic E-state index is 10.4. The van der Waals surface area contributed by atoms with Crippen molar-refractivity contribution >= 4 is 11.6 Å². The molecule has 2 aromatic rings. The van der Waals surface area contributed by atoms with Crippen LogP contribution in [0.1, 0.15) is 11.3 Å². The van der Waals surface area contributed by atoms with Gasteiger partial charge in [0.2, 0.25) is 0 Å². The Morgan fingerprint density at radius 3 is 2.71 bits per heavy atom. The zero-order valence-electron chi connectivity index (χ0n) is 9.34. The number of rotatable bonds is 4. The molecule has 0 radical (unpaired) electrons. The largest absolute Gasteiger partial charge is 0.433 e. The van der Waals surface area contributed by atoms with Gasteiger partial charge in [0.25, 0.3) is 0 Å². The van der Waals surface area contributed by atoms with Crippen LogP contribution in [0, 0.1) is 17.0 Å². The predicted molar refractivity (Wildman–Crippen MR) is 63.9 cm³/mol. The number of anilines is 1. The third-order valence-electron chi connectivity index (χ3n) is 2.43. The third kappa shape index (κ3) is 2.63. The molecule has 1 aromatic carbocycles. The SMILES string of the molecule is Cc1ccccc1NCc1ccc([N+](=O)[O-])o1. The number of hydrogen-bond acceptors (Lipinski definition) is 4. The summed E-state index contributed by atoms with van der Waals surface area (Å²) in [6, 6.07) is 10.8. The molecule has 0 saturated heterocycles. The summed E-state index contributed by atoms with van der Waals surface area (Å²) in [5.41, 5.74) is 2.11. The highest BCUT2D eigenvalue weighted by Crippen LogP contribution is 2.18. The number of para-hydroxylation sites is 1. The fourth-order valence-corrected chi connectivity index (χ4v) is 1.51. The first-order valence-corrected chi connectivity index (χ1v) is 5.19. The van der Waals surface area contributed by atoms with Crippen LogP contribution in [0.4, 0.5) is 11.6 Å². The fourth-order valence-electron chi connectivity index (χ4n) is 1.51. The number of hydrogen-bond donors (Lipinski definition) is 1. The van der Waals surface area contributed by atoms with E-state index < -0.39 is 4.92 Å². The molecule has 1 aromatic heterocycles. The molecule has 88 valence electrons. The quantitative estimate of drug-likeness (QED) is 0.649. The predicted octanol–water partition coefficient (Wildman–Crippen LogP) is 3.11. The highest BCUT2D eigenvalue weighted by molar-refractivity contribution is 5.50. The summed E-state index contributed by atoms with van der Waals surface area (Å²) >= 11 is 0. The number of aryl methyl sites for hydroxylation is 1. The second kappa shape index (κ2) is 4.69. The second-order valence-electron chi connectivity index (χ2n) is 3.67. The van der Waals surface area contributed by atoms with E-state index in [0.29, 0.717) is 12.3 Å². The lowest BCUT2D eigenvalue weighted by molar-refractivity contribution is -0.402. The van der Waals surface area contributed by atoms with Gasteiger partial charge >= 0.3 is 5.88 Å². The van der Waals surface area contributed by atoms with Crippen molar-refractivity contribution < 1.29 is 9.34 Å². The van der Waals surface area contributed by atoms with Gasteiger partial charge in [0.1, 0.15) is 10.7 Å². The first-order chi connectivity index (χ1) is 8.16. The average molecular weight is 232 g/mol. The summed E-state index contributed by atoms with van der Waals surface area (Å²) in [5, 5.41) is 13.6. The average Bonchev–Trinajstić information content (AvgIpc) is 2.77. The van der Waals surface area contributed by atoms with Gasteiger partial charge in [-0.25, -0.2) is 0 Å². The van der Waals surface area contributed by atoms with Crippen molar-refractivity contribution in [2.75, 3.05) is 5.32 Å². The Kier molecular flexibility index (Phi) is 3.09. The molecule has 0 fully saturated rings. The van der Waals surface area contributed by atoms with Gasteiger partial charge in [0.05, 0.1) is 12.6 Å². The van der Waals surface area contributed by atoms with Gasteiger partial charge in [0, 0.05) is 5.69 Å². The maximum Gasteiger partial charge on any atom is 0.433 e. The van der Waals surface area contributed by atoms with E-state index in [2.05, 4.69) is 5.32 Å². The molecule has 0 atom stereocenters. The monoisotopic (exact) mass is 232 g/mol. The Hall–Kier alpha value is -2.30. The van der Waals surface area contributed by atoms with Crippen LogP contribution in [-0.4, -0.2) is 4.92 Å². The molecule has 0 unspecified atom stereocenters. The molecule has 17 heavy (non-hydrogen) atoms. The van der Waals surface area contributed by atoms with Crippen molar-refractivity contribution in [3.63, 3.8) is 0 Å². The molecule has 0 spiro atoms. The standard InChI is InChI=1S/C12H12N2O3/c1-9-4-2-3-5-11(9)13-8-10-6-7-12(17-10)14(15)16/h2-7,13H,8H2,1H3. The van der Waals surface area contributed by atoms with E-state index in [9.17, 15) is 10.1 Å². The van der Waals surface area contributed by atoms with Gasteiger partial charge in [-0.1, -0.05) is 18.2 Å². The fraction of sp³-hybridized carbons (Fsp3) is 0.167. The van der Waals surface area contributed by atoms with E-state index in [1.807, 2.05) is 31.2 Å². The zero-order chi connectivity index (χ0) is 12.3. The van der Waals surface area contributed by atoms with Gasteiger partial charge in [-0.15, -0.1) is 0 Å². The minimum absolute atomic E-state index is 0.230. The molecule has 0 bridgehead atoms. The lowest BCUT2D eigenvalue weighted by Gasteiger charge is -2.06. The molecule has 2 rings (SSSR count). The summed E-state index contributed by atoms with van der Waals surface area (Å²) < 4.78 is 5.05. The van der Waals surface area contributed by atoms with Gasteiger partial charge in [-0.2, -0.15) is 0 Å². The number of nitrogens with one attached hydrogen (secondary N) is 1. The third-order valence-corrected chi connectivity index (χ3v) is 2.43. The van der Waals surface area contributed by atoms with Gasteiger partial charge in [-0.05, 0) is 24.6 Å². The van der Waals surface area contributed by atoms with Crippen molar-refractivity contribution in [3.8, 4) is 0 Å². The molecular formula is C12H12N2O3. The first kappa shape index (κ1) is 11.2. The highest BCUT2D eigenvalue weighted by Gasteiger charge is 2.11. The summed E-state index contributed by atoms with van der Waals surface area (Å²) in [6.45, 7) is 2.42. The van der Waals surface area contributed by atoms with E-state index in [4.69, 9.17) is 4.42 Å². The van der Waals surface area contributed by atoms with Crippen LogP contribution in [0.25, 0.3) is 0 Å². The number of nitrogens with zero attached hydrogens (tertiary/aromatic N) is 1. The normalized spacial score (nSPS) is 10.2. The van der Waals surface area contributed by atoms with Crippen molar-refractivity contribution in [3.05, 3.63) is 57.8 Å². The van der Waals surface area contributed by atoms with Crippen LogP contribution >= 0.6 is 0 Å². The van der Waals surface area contributed by atoms with Gasteiger partial charge in [0.15, 0.2) is 0 Å². The van der Waals surface area contributed by atoms with Crippen molar-refractivity contribution in [2.24, 2.45) is 0 Å². The summed E-state index contributed by atoms with van der Waals surface area (Å²) in [4.78, 5) is 9.89. The lowest BCUT2D eigenvalue weighted by Crippen LogP contribution is -1.99. The molecule has 0 amide bonds. The Morgan fingerprint density at radius 2 is 2.06 bits per heavy atom. The van der Waals surface area contributed by atoms with Crippen molar-refractivity contribution in [1.82, 2.24) is 0 Å². The van der Waals surface area contributed by atoms with Crippen LogP contribution in [-0.2, 0) is 6.54 Å². The van der Waals surface area contributed by atoms with Crippen LogP contribution in [0.3, 0.4) is 0 Å². The minimum Gasteiger partial charge on any atom is -0.404 e. The van der Waals surface area contributed by atoms with E-state index in [-0.39, 0.29) is 5.88 Å². The molecule has 0 aliphatic rings. The molecule has 5 nitrogen and oxygen atoms in total. The molecule has 1 N–H and O–H groups in total. The highest BCUT2D eigenvalue weighted by atomic mass is 16.6. The summed E-state index contributed by atoms with van der Waals surface area (Å²) in [6.07, 6.45) is 0. The van der Waals surface area contributed by atoms with E-state index >= 15 is 0 Å². The Balaban J connectivity index is 2.02. The minimum atomic E-state index is -0.544.